The molecule has 1 saturated heterocycles. The molecule has 0 aliphatic carbocycles. The first-order chi connectivity index (χ1) is 10.0. The second-order valence-electron chi connectivity index (χ2n) is 5.72. The third kappa shape index (κ3) is 3.61. The van der Waals surface area contributed by atoms with E-state index in [0.29, 0.717) is 13.0 Å². The van der Waals surface area contributed by atoms with Gasteiger partial charge in [-0.15, -0.1) is 0 Å². The molecule has 2 atom stereocenters. The summed E-state index contributed by atoms with van der Waals surface area (Å²) in [5.41, 5.74) is 7.09. The third-order valence-corrected chi connectivity index (χ3v) is 3.88. The quantitative estimate of drug-likeness (QED) is 0.884. The fraction of sp³-hybridized carbons (Fsp3) is 0.500. The van der Waals surface area contributed by atoms with Crippen molar-refractivity contribution in [2.75, 3.05) is 20.6 Å². The van der Waals surface area contributed by atoms with Crippen LogP contribution in [0.25, 0.3) is 0 Å². The van der Waals surface area contributed by atoms with E-state index in [1.165, 1.54) is 0 Å². The molecule has 0 radical (unpaired) electrons. The highest BCUT2D eigenvalue weighted by atomic mass is 16.2. The highest BCUT2D eigenvalue weighted by Gasteiger charge is 2.36. The number of benzene rings is 1. The van der Waals surface area contributed by atoms with Gasteiger partial charge in [-0.25, -0.2) is 0 Å². The second kappa shape index (κ2) is 6.72. The van der Waals surface area contributed by atoms with Gasteiger partial charge >= 0.3 is 0 Å². The van der Waals surface area contributed by atoms with Crippen LogP contribution in [0.2, 0.25) is 0 Å². The number of hydrogen-bond donors (Lipinski definition) is 1. The van der Waals surface area contributed by atoms with E-state index in [0.717, 1.165) is 18.4 Å². The van der Waals surface area contributed by atoms with Crippen LogP contribution in [0.4, 0.5) is 0 Å². The van der Waals surface area contributed by atoms with E-state index >= 15 is 0 Å². The largest absolute Gasteiger partial charge is 0.347 e. The number of carbonyl (C=O) groups is 2. The fourth-order valence-corrected chi connectivity index (χ4v) is 2.75. The van der Waals surface area contributed by atoms with Crippen LogP contribution in [0.15, 0.2) is 30.3 Å². The molecular weight excluding hydrogens is 266 g/mol. The molecule has 1 fully saturated rings. The Morgan fingerprint density at radius 3 is 2.62 bits per heavy atom. The second-order valence-corrected chi connectivity index (χ2v) is 5.72. The van der Waals surface area contributed by atoms with Crippen LogP contribution in [-0.2, 0) is 16.0 Å². The Bertz CT molecular complexity index is 502. The lowest BCUT2D eigenvalue weighted by Gasteiger charge is -2.28. The Morgan fingerprint density at radius 1 is 1.33 bits per heavy atom. The molecule has 0 spiro atoms. The van der Waals surface area contributed by atoms with Gasteiger partial charge in [0.1, 0.15) is 6.04 Å². The molecule has 1 unspecified atom stereocenters. The molecule has 5 heteroatoms. The summed E-state index contributed by atoms with van der Waals surface area (Å²) in [6.07, 6.45) is 2.08. The number of carbonyl (C=O) groups excluding carboxylic acids is 2. The minimum Gasteiger partial charge on any atom is -0.347 e. The molecular formula is C16H23N3O2. The zero-order chi connectivity index (χ0) is 15.4. The highest BCUT2D eigenvalue weighted by molar-refractivity contribution is 5.90. The van der Waals surface area contributed by atoms with Crippen LogP contribution < -0.4 is 5.73 Å². The van der Waals surface area contributed by atoms with Gasteiger partial charge in [0.2, 0.25) is 11.8 Å². The number of nitrogens with two attached hydrogens (primary N) is 1. The predicted molar refractivity (Wildman–Crippen MR) is 81.6 cm³/mol. The maximum absolute atomic E-state index is 12.5. The fourth-order valence-electron chi connectivity index (χ4n) is 2.75. The molecule has 0 aromatic heterocycles. The minimum atomic E-state index is -0.594. The number of nitrogens with zero attached hydrogens (tertiary/aromatic N) is 2. The Morgan fingerprint density at radius 2 is 2.00 bits per heavy atom. The highest BCUT2D eigenvalue weighted by Crippen LogP contribution is 2.20. The van der Waals surface area contributed by atoms with E-state index in [2.05, 4.69) is 0 Å². The normalized spacial score (nSPS) is 19.4. The molecule has 1 aromatic carbocycles. The summed E-state index contributed by atoms with van der Waals surface area (Å²) in [7, 11) is 3.43. The maximum atomic E-state index is 12.5. The van der Waals surface area contributed by atoms with Crippen molar-refractivity contribution in [2.24, 2.45) is 5.73 Å². The lowest BCUT2D eigenvalue weighted by Crippen LogP contribution is -2.51. The van der Waals surface area contributed by atoms with Crippen molar-refractivity contribution in [2.45, 2.75) is 31.3 Å². The molecule has 1 aliphatic heterocycles. The first-order valence-electron chi connectivity index (χ1n) is 7.32. The first kappa shape index (κ1) is 15.5. The molecule has 21 heavy (non-hydrogen) atoms. The van der Waals surface area contributed by atoms with Gasteiger partial charge in [-0.3, -0.25) is 9.59 Å². The number of rotatable bonds is 4. The van der Waals surface area contributed by atoms with Gasteiger partial charge in [0.25, 0.3) is 0 Å². The first-order valence-corrected chi connectivity index (χ1v) is 7.32. The Kier molecular flexibility index (Phi) is 4.96. The molecule has 1 heterocycles. The van der Waals surface area contributed by atoms with Gasteiger partial charge < -0.3 is 15.5 Å². The van der Waals surface area contributed by atoms with Crippen molar-refractivity contribution in [3.63, 3.8) is 0 Å². The molecule has 0 saturated carbocycles. The van der Waals surface area contributed by atoms with Gasteiger partial charge in [-0.05, 0) is 24.8 Å². The Hall–Kier alpha value is -1.88. The molecule has 5 nitrogen and oxygen atoms in total. The molecule has 2 rings (SSSR count). The van der Waals surface area contributed by atoms with Crippen LogP contribution in [0, 0.1) is 0 Å². The van der Waals surface area contributed by atoms with Crippen LogP contribution in [0.1, 0.15) is 18.4 Å². The van der Waals surface area contributed by atoms with Crippen LogP contribution in [0.3, 0.4) is 0 Å². The van der Waals surface area contributed by atoms with Gasteiger partial charge in [-0.2, -0.15) is 0 Å². The maximum Gasteiger partial charge on any atom is 0.244 e. The van der Waals surface area contributed by atoms with Crippen molar-refractivity contribution in [1.82, 2.24) is 9.80 Å². The topological polar surface area (TPSA) is 66.6 Å². The summed E-state index contributed by atoms with van der Waals surface area (Å²) in [6, 6.07) is 8.77. The molecule has 114 valence electrons. The van der Waals surface area contributed by atoms with Crippen molar-refractivity contribution in [3.8, 4) is 0 Å². The van der Waals surface area contributed by atoms with E-state index in [9.17, 15) is 9.59 Å². The van der Waals surface area contributed by atoms with E-state index in [4.69, 9.17) is 5.73 Å². The number of likely N-dealkylation sites (N-methyl/N-ethyl adjacent to an activating group) is 1. The summed E-state index contributed by atoms with van der Waals surface area (Å²) in [5.74, 6) is -0.149. The average Bonchev–Trinajstić information content (AvgIpc) is 2.95. The lowest BCUT2D eigenvalue weighted by atomic mass is 10.1. The summed E-state index contributed by atoms with van der Waals surface area (Å²) < 4.78 is 0. The average molecular weight is 289 g/mol. The van der Waals surface area contributed by atoms with Crippen LogP contribution >= 0.6 is 0 Å². The summed E-state index contributed by atoms with van der Waals surface area (Å²) in [5, 5.41) is 0. The van der Waals surface area contributed by atoms with Crippen molar-refractivity contribution >= 4 is 11.8 Å². The molecule has 2 N–H and O–H groups in total. The zero-order valence-corrected chi connectivity index (χ0v) is 12.7. The van der Waals surface area contributed by atoms with Crippen LogP contribution in [-0.4, -0.2) is 54.3 Å². The minimum absolute atomic E-state index is 0.0206. The van der Waals surface area contributed by atoms with Gasteiger partial charge in [0.05, 0.1) is 6.04 Å². The summed E-state index contributed by atoms with van der Waals surface area (Å²) in [6.45, 7) is 0.617. The Balaban J connectivity index is 2.03. The van der Waals surface area contributed by atoms with Crippen molar-refractivity contribution in [3.05, 3.63) is 35.9 Å². The molecule has 1 aromatic rings. The lowest BCUT2D eigenvalue weighted by molar-refractivity contribution is -0.143. The molecule has 1 aliphatic rings. The monoisotopic (exact) mass is 289 g/mol. The molecule has 0 bridgehead atoms. The number of likely N-dealkylation sites (tertiary alicyclic amines) is 1. The van der Waals surface area contributed by atoms with E-state index in [-0.39, 0.29) is 17.9 Å². The standard InChI is InChI=1S/C16H23N3O2/c1-18(2)16(21)14-9-6-10-19(14)15(20)13(17)11-12-7-4-3-5-8-12/h3-5,7-8,13-14H,6,9-11,17H2,1-2H3/t13-,14?/m1/s1. The van der Waals surface area contributed by atoms with Gasteiger partial charge in [0.15, 0.2) is 0 Å². The third-order valence-electron chi connectivity index (χ3n) is 3.88. The van der Waals surface area contributed by atoms with E-state index < -0.39 is 6.04 Å². The van der Waals surface area contributed by atoms with Crippen molar-refractivity contribution < 1.29 is 9.59 Å². The van der Waals surface area contributed by atoms with Gasteiger partial charge in [0, 0.05) is 20.6 Å². The summed E-state index contributed by atoms with van der Waals surface area (Å²) >= 11 is 0. The van der Waals surface area contributed by atoms with Crippen molar-refractivity contribution in [1.29, 1.82) is 0 Å². The number of hydrogen-bond acceptors (Lipinski definition) is 3. The van der Waals surface area contributed by atoms with E-state index in [1.807, 2.05) is 30.3 Å². The summed E-state index contributed by atoms with van der Waals surface area (Å²) in [4.78, 5) is 27.8. The number of amides is 2. The smallest absolute Gasteiger partial charge is 0.244 e. The van der Waals surface area contributed by atoms with Crippen LogP contribution in [0.5, 0.6) is 0 Å². The predicted octanol–water partition coefficient (Wildman–Crippen LogP) is 0.636. The zero-order valence-electron chi connectivity index (χ0n) is 12.7. The Labute approximate surface area is 125 Å². The van der Waals surface area contributed by atoms with E-state index in [1.54, 1.807) is 23.9 Å². The SMILES string of the molecule is CN(C)C(=O)C1CCCN1C(=O)[C@H](N)Cc1ccccc1. The van der Waals surface area contributed by atoms with Gasteiger partial charge in [-0.1, -0.05) is 30.3 Å². The molecule has 2 amide bonds.